The molecule has 0 saturated carbocycles. The van der Waals surface area contributed by atoms with Crippen molar-refractivity contribution in [3.8, 4) is 0 Å². The van der Waals surface area contributed by atoms with Gasteiger partial charge in [-0.25, -0.2) is 0 Å². The molecular weight excluding hydrogens is 358 g/mol. The molecule has 1 atom stereocenters. The fourth-order valence-electron chi connectivity index (χ4n) is 5.14. The second-order valence-electron chi connectivity index (χ2n) is 8.32. The Hall–Kier alpha value is -2.58. The van der Waals surface area contributed by atoms with Crippen LogP contribution in [0.15, 0.2) is 60.2 Å². The molecule has 28 heavy (non-hydrogen) atoms. The van der Waals surface area contributed by atoms with Gasteiger partial charge in [-0.2, -0.15) is 0 Å². The van der Waals surface area contributed by atoms with Crippen molar-refractivity contribution in [3.05, 3.63) is 82.4 Å². The number of thiophene rings is 1. The van der Waals surface area contributed by atoms with Crippen molar-refractivity contribution in [1.82, 2.24) is 0 Å². The Morgan fingerprint density at radius 3 is 2.75 bits per heavy atom. The number of hydrogen-bond donors (Lipinski definition) is 1. The molecule has 1 unspecified atom stereocenters. The summed E-state index contributed by atoms with van der Waals surface area (Å²) < 4.78 is 2.81. The first-order chi connectivity index (χ1) is 13.7. The fourth-order valence-corrected chi connectivity index (χ4v) is 6.28. The van der Waals surface area contributed by atoms with Crippen LogP contribution in [0.3, 0.4) is 0 Å². The van der Waals surface area contributed by atoms with Crippen molar-refractivity contribution >= 4 is 42.8 Å². The van der Waals surface area contributed by atoms with Gasteiger partial charge in [-0.1, -0.05) is 48.0 Å². The summed E-state index contributed by atoms with van der Waals surface area (Å²) in [5.41, 5.74) is 10.1. The summed E-state index contributed by atoms with van der Waals surface area (Å²) in [7, 11) is 0. The summed E-state index contributed by atoms with van der Waals surface area (Å²) in [4.78, 5) is 0. The zero-order valence-electron chi connectivity index (χ0n) is 16.3. The number of hydrogen-bond acceptors (Lipinski definition) is 2. The number of benzene rings is 3. The first kappa shape index (κ1) is 16.4. The third-order valence-electron chi connectivity index (χ3n) is 6.45. The van der Waals surface area contributed by atoms with Crippen molar-refractivity contribution in [3.63, 3.8) is 0 Å². The third kappa shape index (κ3) is 2.24. The summed E-state index contributed by atoms with van der Waals surface area (Å²) >= 11 is 1.92. The van der Waals surface area contributed by atoms with E-state index in [1.54, 1.807) is 0 Å². The highest BCUT2D eigenvalue weighted by Crippen LogP contribution is 2.47. The largest absolute Gasteiger partial charge is 0.382 e. The van der Waals surface area contributed by atoms with E-state index in [2.05, 4.69) is 73.8 Å². The SMILES string of the molecule is CC1=C(c2cccc3c2NC(C)CC3)c2ccc3sc4ccccc4c3c2C1. The van der Waals surface area contributed by atoms with Gasteiger partial charge in [0.25, 0.3) is 0 Å². The van der Waals surface area contributed by atoms with Gasteiger partial charge >= 0.3 is 0 Å². The molecule has 2 heteroatoms. The topological polar surface area (TPSA) is 12.0 Å². The number of para-hydroxylation sites is 1. The maximum absolute atomic E-state index is 3.79. The number of anilines is 1. The van der Waals surface area contributed by atoms with E-state index in [-0.39, 0.29) is 0 Å². The van der Waals surface area contributed by atoms with E-state index < -0.39 is 0 Å². The van der Waals surface area contributed by atoms with E-state index in [1.165, 1.54) is 72.1 Å². The van der Waals surface area contributed by atoms with E-state index in [0.29, 0.717) is 6.04 Å². The zero-order chi connectivity index (χ0) is 18.8. The van der Waals surface area contributed by atoms with Crippen LogP contribution >= 0.6 is 11.3 Å². The highest BCUT2D eigenvalue weighted by atomic mass is 32.1. The number of aryl methyl sites for hydroxylation is 1. The first-order valence-electron chi connectivity index (χ1n) is 10.2. The van der Waals surface area contributed by atoms with Gasteiger partial charge in [-0.05, 0) is 67.5 Å². The smallest absolute Gasteiger partial charge is 0.0454 e. The molecular formula is C26H23NS. The van der Waals surface area contributed by atoms with Crippen LogP contribution < -0.4 is 5.32 Å². The number of fused-ring (bicyclic) bond motifs is 6. The molecule has 1 aromatic heterocycles. The molecule has 0 fully saturated rings. The van der Waals surface area contributed by atoms with Gasteiger partial charge in [0.15, 0.2) is 0 Å². The highest BCUT2D eigenvalue weighted by molar-refractivity contribution is 7.25. The molecule has 0 radical (unpaired) electrons. The maximum Gasteiger partial charge on any atom is 0.0454 e. The lowest BCUT2D eigenvalue weighted by atomic mass is 9.89. The Bertz CT molecular complexity index is 1290. The van der Waals surface area contributed by atoms with Gasteiger partial charge in [0, 0.05) is 37.5 Å². The van der Waals surface area contributed by atoms with E-state index >= 15 is 0 Å². The standard InChI is InChI=1S/C26H23NS/c1-15-14-21-18(12-13-23-25(21)19-7-3-4-9-22(19)28-23)24(15)20-8-5-6-17-11-10-16(2)27-26(17)20/h3-9,12-13,16,27H,10-11,14H2,1-2H3. The van der Waals surface area contributed by atoms with Gasteiger partial charge in [0.05, 0.1) is 0 Å². The molecule has 0 saturated heterocycles. The molecule has 6 rings (SSSR count). The molecule has 2 aliphatic rings. The summed E-state index contributed by atoms with van der Waals surface area (Å²) in [6, 6.07) is 20.9. The Morgan fingerprint density at radius 2 is 1.82 bits per heavy atom. The molecule has 1 nitrogen and oxygen atoms in total. The van der Waals surface area contributed by atoms with Gasteiger partial charge in [0.2, 0.25) is 0 Å². The van der Waals surface area contributed by atoms with Gasteiger partial charge in [-0.3, -0.25) is 0 Å². The normalized spacial score (nSPS) is 18.4. The lowest BCUT2D eigenvalue weighted by Gasteiger charge is -2.27. The van der Waals surface area contributed by atoms with Crippen LogP contribution in [-0.2, 0) is 12.8 Å². The molecule has 3 aromatic carbocycles. The van der Waals surface area contributed by atoms with Crippen LogP contribution in [-0.4, -0.2) is 6.04 Å². The third-order valence-corrected chi connectivity index (χ3v) is 7.58. The number of nitrogens with one attached hydrogen (secondary N) is 1. The van der Waals surface area contributed by atoms with Gasteiger partial charge in [0.1, 0.15) is 0 Å². The lowest BCUT2D eigenvalue weighted by molar-refractivity contribution is 0.680. The molecule has 1 aliphatic heterocycles. The number of allylic oxidation sites excluding steroid dienone is 1. The van der Waals surface area contributed by atoms with E-state index in [4.69, 9.17) is 0 Å². The van der Waals surface area contributed by atoms with Crippen LogP contribution in [0.4, 0.5) is 5.69 Å². The minimum Gasteiger partial charge on any atom is -0.382 e. The van der Waals surface area contributed by atoms with E-state index in [1.807, 2.05) is 11.3 Å². The predicted molar refractivity (Wildman–Crippen MR) is 123 cm³/mol. The van der Waals surface area contributed by atoms with Crippen molar-refractivity contribution in [2.75, 3.05) is 5.32 Å². The second-order valence-corrected chi connectivity index (χ2v) is 9.40. The van der Waals surface area contributed by atoms with Gasteiger partial charge < -0.3 is 5.32 Å². The molecule has 0 spiro atoms. The minimum absolute atomic E-state index is 0.540. The average molecular weight is 382 g/mol. The highest BCUT2D eigenvalue weighted by Gasteiger charge is 2.27. The Morgan fingerprint density at radius 1 is 0.929 bits per heavy atom. The van der Waals surface area contributed by atoms with Crippen LogP contribution in [0.2, 0.25) is 0 Å². The predicted octanol–water partition coefficient (Wildman–Crippen LogP) is 7.18. The van der Waals surface area contributed by atoms with Crippen LogP contribution in [0.5, 0.6) is 0 Å². The van der Waals surface area contributed by atoms with E-state index in [0.717, 1.165) is 6.42 Å². The van der Waals surface area contributed by atoms with E-state index in [9.17, 15) is 0 Å². The summed E-state index contributed by atoms with van der Waals surface area (Å²) in [5.74, 6) is 0. The van der Waals surface area contributed by atoms with Crippen molar-refractivity contribution in [2.45, 2.75) is 39.2 Å². The molecule has 0 bridgehead atoms. The maximum atomic E-state index is 3.79. The molecule has 138 valence electrons. The zero-order valence-corrected chi connectivity index (χ0v) is 17.1. The minimum atomic E-state index is 0.540. The Balaban J connectivity index is 1.61. The van der Waals surface area contributed by atoms with Crippen LogP contribution in [0.1, 0.15) is 42.5 Å². The van der Waals surface area contributed by atoms with Gasteiger partial charge in [-0.15, -0.1) is 11.3 Å². The monoisotopic (exact) mass is 381 g/mol. The molecule has 1 aliphatic carbocycles. The Labute approximate surface area is 169 Å². The average Bonchev–Trinajstić information content (AvgIpc) is 3.24. The molecule has 2 heterocycles. The molecule has 4 aromatic rings. The van der Waals surface area contributed by atoms with Crippen molar-refractivity contribution < 1.29 is 0 Å². The molecule has 0 amide bonds. The Kier molecular flexibility index (Phi) is 3.48. The van der Waals surface area contributed by atoms with Crippen molar-refractivity contribution in [2.24, 2.45) is 0 Å². The second kappa shape index (κ2) is 5.96. The quantitative estimate of drug-likeness (QED) is 0.368. The van der Waals surface area contributed by atoms with Crippen LogP contribution in [0, 0.1) is 0 Å². The fraction of sp³-hybridized carbons (Fsp3) is 0.231. The number of rotatable bonds is 1. The summed E-state index contributed by atoms with van der Waals surface area (Å²) in [5, 5.41) is 6.67. The van der Waals surface area contributed by atoms with Crippen molar-refractivity contribution in [1.29, 1.82) is 0 Å². The first-order valence-corrected chi connectivity index (χ1v) is 11.0. The van der Waals surface area contributed by atoms with Crippen LogP contribution in [0.25, 0.3) is 25.7 Å². The summed E-state index contributed by atoms with van der Waals surface area (Å²) in [6.45, 7) is 4.62. The molecule has 1 N–H and O–H groups in total. The lowest BCUT2D eigenvalue weighted by Crippen LogP contribution is -2.23. The summed E-state index contributed by atoms with van der Waals surface area (Å²) in [6.07, 6.45) is 3.44.